The molecule has 0 rings (SSSR count). The Bertz CT molecular complexity index is 507. The van der Waals surface area contributed by atoms with Crippen molar-refractivity contribution in [3.05, 3.63) is 24.5 Å². The second kappa shape index (κ2) is 34.0. The summed E-state index contributed by atoms with van der Waals surface area (Å²) in [6, 6.07) is 0. The molecule has 0 unspecified atom stereocenters. The SMILES string of the molecule is CCCCCCCCCCCCCCCC=CC(=O)OC=CCCCCCCCCCCCCCCCC. The first-order valence-corrected chi connectivity index (χ1v) is 17.3. The van der Waals surface area contributed by atoms with Gasteiger partial charge in [-0.05, 0) is 31.8 Å². The summed E-state index contributed by atoms with van der Waals surface area (Å²) in [6.07, 6.45) is 46.4. The van der Waals surface area contributed by atoms with E-state index in [1.54, 1.807) is 12.3 Å². The fourth-order valence-corrected chi connectivity index (χ4v) is 5.14. The molecule has 0 fully saturated rings. The summed E-state index contributed by atoms with van der Waals surface area (Å²) in [4.78, 5) is 11.8. The monoisotopic (exact) mass is 533 g/mol. The molecule has 0 aliphatic rings. The maximum atomic E-state index is 11.8. The standard InChI is InChI=1S/C36H68O2/c1-3-5-7-9-11-13-15-17-19-21-23-25-27-29-31-33-35-38-36(37)34-32-30-28-26-24-22-20-18-16-14-12-10-8-6-4-2/h32-35H,3-31H2,1-2H3. The molecule has 0 saturated heterocycles. The molecule has 0 heterocycles. The number of esters is 1. The number of rotatable bonds is 31. The average molecular weight is 533 g/mol. The minimum atomic E-state index is -0.239. The van der Waals surface area contributed by atoms with Crippen molar-refractivity contribution in [3.63, 3.8) is 0 Å². The van der Waals surface area contributed by atoms with Crippen LogP contribution >= 0.6 is 0 Å². The third-order valence-corrected chi connectivity index (χ3v) is 7.73. The van der Waals surface area contributed by atoms with Crippen LogP contribution in [0.1, 0.15) is 200 Å². The zero-order chi connectivity index (χ0) is 27.6. The highest BCUT2D eigenvalue weighted by atomic mass is 16.5. The van der Waals surface area contributed by atoms with Crippen LogP contribution in [0.15, 0.2) is 24.5 Å². The van der Waals surface area contributed by atoms with E-state index in [1.807, 2.05) is 12.2 Å². The summed E-state index contributed by atoms with van der Waals surface area (Å²) in [6.45, 7) is 4.57. The van der Waals surface area contributed by atoms with Crippen LogP contribution in [-0.2, 0) is 9.53 Å². The van der Waals surface area contributed by atoms with Gasteiger partial charge in [-0.25, -0.2) is 4.79 Å². The molecule has 2 nitrogen and oxygen atoms in total. The van der Waals surface area contributed by atoms with Crippen LogP contribution < -0.4 is 0 Å². The van der Waals surface area contributed by atoms with Gasteiger partial charge in [0.05, 0.1) is 6.26 Å². The molecule has 0 aromatic heterocycles. The fraction of sp³-hybridized carbons (Fsp3) is 0.861. The Morgan fingerprint density at radius 2 is 0.711 bits per heavy atom. The van der Waals surface area contributed by atoms with Crippen LogP contribution in [0, 0.1) is 0 Å². The third kappa shape index (κ3) is 33.0. The first-order valence-electron chi connectivity index (χ1n) is 17.3. The second-order valence-corrected chi connectivity index (χ2v) is 11.6. The van der Waals surface area contributed by atoms with Gasteiger partial charge in [0.15, 0.2) is 0 Å². The molecule has 0 spiro atoms. The zero-order valence-electron chi connectivity index (χ0n) is 26.1. The lowest BCUT2D eigenvalue weighted by molar-refractivity contribution is -0.132. The predicted octanol–water partition coefficient (Wildman–Crippen LogP) is 13.0. The highest BCUT2D eigenvalue weighted by Crippen LogP contribution is 2.14. The third-order valence-electron chi connectivity index (χ3n) is 7.73. The predicted molar refractivity (Wildman–Crippen MR) is 170 cm³/mol. The largest absolute Gasteiger partial charge is 0.432 e. The molecule has 0 atom stereocenters. The van der Waals surface area contributed by atoms with Crippen molar-refractivity contribution >= 4 is 5.97 Å². The zero-order valence-corrected chi connectivity index (χ0v) is 26.1. The van der Waals surface area contributed by atoms with Crippen LogP contribution in [0.2, 0.25) is 0 Å². The Morgan fingerprint density at radius 1 is 0.421 bits per heavy atom. The number of hydrogen-bond acceptors (Lipinski definition) is 2. The van der Waals surface area contributed by atoms with Gasteiger partial charge in [-0.15, -0.1) is 0 Å². The Labute approximate surface area is 239 Å². The summed E-state index contributed by atoms with van der Waals surface area (Å²) in [5, 5.41) is 0. The van der Waals surface area contributed by atoms with E-state index < -0.39 is 0 Å². The van der Waals surface area contributed by atoms with E-state index in [2.05, 4.69) is 13.8 Å². The van der Waals surface area contributed by atoms with Gasteiger partial charge < -0.3 is 4.74 Å². The van der Waals surface area contributed by atoms with Crippen molar-refractivity contribution in [1.82, 2.24) is 0 Å². The number of hydrogen-bond donors (Lipinski definition) is 0. The van der Waals surface area contributed by atoms with Gasteiger partial charge in [0.1, 0.15) is 0 Å². The summed E-state index contributed by atoms with van der Waals surface area (Å²) >= 11 is 0. The summed E-state index contributed by atoms with van der Waals surface area (Å²) < 4.78 is 5.17. The Morgan fingerprint density at radius 3 is 1.05 bits per heavy atom. The van der Waals surface area contributed by atoms with Crippen LogP contribution in [-0.4, -0.2) is 5.97 Å². The summed E-state index contributed by atoms with van der Waals surface area (Å²) in [5.41, 5.74) is 0. The summed E-state index contributed by atoms with van der Waals surface area (Å²) in [5.74, 6) is -0.239. The lowest BCUT2D eigenvalue weighted by atomic mass is 10.0. The van der Waals surface area contributed by atoms with Crippen molar-refractivity contribution in [2.45, 2.75) is 200 Å². The van der Waals surface area contributed by atoms with Gasteiger partial charge in [0, 0.05) is 6.08 Å². The Balaban J connectivity index is 3.28. The molecule has 0 radical (unpaired) electrons. The molecule has 0 bridgehead atoms. The van der Waals surface area contributed by atoms with Crippen molar-refractivity contribution in [3.8, 4) is 0 Å². The minimum absolute atomic E-state index is 0.239. The molecule has 224 valence electrons. The van der Waals surface area contributed by atoms with Crippen molar-refractivity contribution < 1.29 is 9.53 Å². The molecule has 0 aromatic rings. The molecule has 0 aliphatic carbocycles. The molecule has 0 N–H and O–H groups in total. The van der Waals surface area contributed by atoms with Gasteiger partial charge >= 0.3 is 5.97 Å². The van der Waals surface area contributed by atoms with E-state index in [0.717, 1.165) is 12.8 Å². The van der Waals surface area contributed by atoms with E-state index >= 15 is 0 Å². The molecule has 0 aromatic carbocycles. The molecule has 2 heteroatoms. The van der Waals surface area contributed by atoms with Crippen LogP contribution in [0.3, 0.4) is 0 Å². The molecular weight excluding hydrogens is 464 g/mol. The first-order chi connectivity index (χ1) is 18.8. The lowest BCUT2D eigenvalue weighted by Crippen LogP contribution is -1.93. The van der Waals surface area contributed by atoms with Crippen LogP contribution in [0.5, 0.6) is 0 Å². The summed E-state index contributed by atoms with van der Waals surface area (Å²) in [7, 11) is 0. The quantitative estimate of drug-likeness (QED) is 0.0384. The van der Waals surface area contributed by atoms with E-state index in [1.165, 1.54) is 173 Å². The van der Waals surface area contributed by atoms with Crippen LogP contribution in [0.4, 0.5) is 0 Å². The van der Waals surface area contributed by atoms with E-state index in [4.69, 9.17) is 4.74 Å². The lowest BCUT2D eigenvalue weighted by Gasteiger charge is -2.02. The number of allylic oxidation sites excluding steroid dienone is 2. The van der Waals surface area contributed by atoms with Crippen LogP contribution in [0.25, 0.3) is 0 Å². The van der Waals surface area contributed by atoms with Gasteiger partial charge in [-0.3, -0.25) is 0 Å². The maximum absolute atomic E-state index is 11.8. The van der Waals surface area contributed by atoms with E-state index in [-0.39, 0.29) is 5.97 Å². The molecule has 38 heavy (non-hydrogen) atoms. The minimum Gasteiger partial charge on any atom is -0.432 e. The molecule has 0 saturated carbocycles. The van der Waals surface area contributed by atoms with Crippen molar-refractivity contribution in [2.75, 3.05) is 0 Å². The highest BCUT2D eigenvalue weighted by Gasteiger charge is 1.96. The van der Waals surface area contributed by atoms with Crippen molar-refractivity contribution in [1.29, 1.82) is 0 Å². The molecule has 0 aliphatic heterocycles. The average Bonchev–Trinajstić information content (AvgIpc) is 2.92. The Kier molecular flexibility index (Phi) is 33.0. The van der Waals surface area contributed by atoms with Gasteiger partial charge in [0.2, 0.25) is 0 Å². The maximum Gasteiger partial charge on any atom is 0.335 e. The number of carbonyl (C=O) groups excluding carboxylic acids is 1. The van der Waals surface area contributed by atoms with Crippen molar-refractivity contribution in [2.24, 2.45) is 0 Å². The molecular formula is C36H68O2. The number of carbonyl (C=O) groups is 1. The number of unbranched alkanes of at least 4 members (excludes halogenated alkanes) is 27. The highest BCUT2D eigenvalue weighted by molar-refractivity contribution is 5.82. The van der Waals surface area contributed by atoms with Gasteiger partial charge in [-0.1, -0.05) is 180 Å². The first kappa shape index (κ1) is 37.0. The van der Waals surface area contributed by atoms with E-state index in [0.29, 0.717) is 0 Å². The number of ether oxygens (including phenoxy) is 1. The molecule has 0 amide bonds. The van der Waals surface area contributed by atoms with E-state index in [9.17, 15) is 4.79 Å². The normalized spacial score (nSPS) is 11.7. The smallest absolute Gasteiger partial charge is 0.335 e. The Hall–Kier alpha value is -1.05. The fourth-order valence-electron chi connectivity index (χ4n) is 5.14. The second-order valence-electron chi connectivity index (χ2n) is 11.6. The van der Waals surface area contributed by atoms with Gasteiger partial charge in [-0.2, -0.15) is 0 Å². The van der Waals surface area contributed by atoms with Gasteiger partial charge in [0.25, 0.3) is 0 Å². The topological polar surface area (TPSA) is 26.3 Å².